The first-order valence-electron chi connectivity index (χ1n) is 18.0. The summed E-state index contributed by atoms with van der Waals surface area (Å²) in [6, 6.07) is 8.38. The van der Waals surface area contributed by atoms with Gasteiger partial charge in [0.05, 0.1) is 37.5 Å². The van der Waals surface area contributed by atoms with E-state index in [1.807, 2.05) is 18.5 Å². The molecule has 0 radical (unpaired) electrons. The topological polar surface area (TPSA) is 99.0 Å². The lowest BCUT2D eigenvalue weighted by atomic mass is 9.97. The Bertz CT molecular complexity index is 1490. The summed E-state index contributed by atoms with van der Waals surface area (Å²) in [4.78, 5) is 26.0. The molecular formula is C39H53N5O4. The molecule has 0 atom stereocenters. The predicted octanol–water partition coefficient (Wildman–Crippen LogP) is 8.44. The normalized spacial score (nSPS) is 15.9. The number of nitrogens with one attached hydrogen (secondary N) is 1. The number of allylic oxidation sites excluding steroid dienone is 1. The third kappa shape index (κ3) is 9.35. The van der Waals surface area contributed by atoms with E-state index in [2.05, 4.69) is 60.6 Å². The molecule has 3 heterocycles. The van der Waals surface area contributed by atoms with E-state index < -0.39 is 0 Å². The zero-order chi connectivity index (χ0) is 33.7. The highest BCUT2D eigenvalue weighted by Gasteiger charge is 2.29. The summed E-state index contributed by atoms with van der Waals surface area (Å²) in [7, 11) is 0. The van der Waals surface area contributed by atoms with Crippen LogP contribution in [-0.4, -0.2) is 65.9 Å². The molecule has 258 valence electrons. The molecule has 0 unspecified atom stereocenters. The second-order valence-electron chi connectivity index (χ2n) is 13.1. The molecular weight excluding hydrogens is 602 g/mol. The Morgan fingerprint density at radius 1 is 1.02 bits per heavy atom. The van der Waals surface area contributed by atoms with E-state index in [0.717, 1.165) is 103 Å². The van der Waals surface area contributed by atoms with E-state index in [0.29, 0.717) is 37.8 Å². The average Bonchev–Trinajstić information content (AvgIpc) is 3.11. The quantitative estimate of drug-likeness (QED) is 0.0950. The number of fused-ring (bicyclic) bond motifs is 4. The van der Waals surface area contributed by atoms with Crippen LogP contribution in [0.25, 0.3) is 12.2 Å². The number of hydroxylamine groups is 1. The van der Waals surface area contributed by atoms with E-state index in [1.54, 1.807) is 5.48 Å². The van der Waals surface area contributed by atoms with Gasteiger partial charge in [0.15, 0.2) is 11.5 Å². The van der Waals surface area contributed by atoms with Gasteiger partial charge in [0.1, 0.15) is 5.84 Å². The fourth-order valence-electron chi connectivity index (χ4n) is 6.58. The Kier molecular flexibility index (Phi) is 13.3. The molecule has 2 N–H and O–H groups in total. The summed E-state index contributed by atoms with van der Waals surface area (Å²) in [5.74, 6) is 2.46. The van der Waals surface area contributed by atoms with Crippen LogP contribution in [0.1, 0.15) is 107 Å². The molecule has 2 aromatic carbocycles. The van der Waals surface area contributed by atoms with Crippen LogP contribution in [-0.2, 0) is 11.3 Å². The number of benzene rings is 2. The van der Waals surface area contributed by atoms with Gasteiger partial charge in [-0.15, -0.1) is 0 Å². The molecule has 1 saturated heterocycles. The lowest BCUT2D eigenvalue weighted by molar-refractivity contribution is -0.129. The molecule has 0 aromatic heterocycles. The summed E-state index contributed by atoms with van der Waals surface area (Å²) >= 11 is 0. The number of likely N-dealkylation sites (tertiary alicyclic amines) is 1. The van der Waals surface area contributed by atoms with Crippen LogP contribution in [0.3, 0.4) is 0 Å². The van der Waals surface area contributed by atoms with Crippen LogP contribution in [0.15, 0.2) is 46.9 Å². The molecule has 3 aliphatic heterocycles. The van der Waals surface area contributed by atoms with Crippen molar-refractivity contribution in [1.82, 2.24) is 15.3 Å². The molecule has 9 nitrogen and oxygen atoms in total. The first-order valence-corrected chi connectivity index (χ1v) is 18.0. The van der Waals surface area contributed by atoms with Crippen molar-refractivity contribution in [1.29, 1.82) is 0 Å². The number of hydrogen-bond acceptors (Lipinski definition) is 8. The fourth-order valence-corrected chi connectivity index (χ4v) is 6.58. The first kappa shape index (κ1) is 35.4. The van der Waals surface area contributed by atoms with Gasteiger partial charge in [-0.25, -0.2) is 15.5 Å². The summed E-state index contributed by atoms with van der Waals surface area (Å²) in [5, 5.41) is 8.72. The number of nitrogens with zero attached hydrogens (tertiary/aromatic N) is 4. The summed E-state index contributed by atoms with van der Waals surface area (Å²) in [5.41, 5.74) is 7.75. The number of unbranched alkanes of at least 4 members (excludes halogenated alkanes) is 5. The number of piperidine rings is 1. The van der Waals surface area contributed by atoms with Crippen LogP contribution < -0.4 is 15.0 Å². The number of aliphatic imine (C=N–C) groups is 2. The van der Waals surface area contributed by atoms with Gasteiger partial charge in [-0.05, 0) is 93.4 Å². The fraction of sp³-hybridized carbons (Fsp3) is 0.513. The Hall–Kier alpha value is -3.95. The first-order chi connectivity index (χ1) is 23.5. The molecule has 3 aliphatic rings. The van der Waals surface area contributed by atoms with E-state index in [1.165, 1.54) is 25.8 Å². The van der Waals surface area contributed by atoms with Crippen molar-refractivity contribution in [2.24, 2.45) is 15.9 Å². The van der Waals surface area contributed by atoms with E-state index in [4.69, 9.17) is 24.7 Å². The smallest absolute Gasteiger partial charge is 0.243 e. The van der Waals surface area contributed by atoms with Crippen molar-refractivity contribution in [3.8, 4) is 11.5 Å². The number of amidine groups is 1. The van der Waals surface area contributed by atoms with Crippen LogP contribution in [0.5, 0.6) is 11.5 Å². The lowest BCUT2D eigenvalue weighted by Gasteiger charge is -2.33. The Labute approximate surface area is 286 Å². The number of hydrogen-bond donors (Lipinski definition) is 2. The average molecular weight is 656 g/mol. The third-order valence-electron chi connectivity index (χ3n) is 9.46. The minimum absolute atomic E-state index is 0.324. The largest absolute Gasteiger partial charge is 0.490 e. The maximum Gasteiger partial charge on any atom is 0.243 e. The second kappa shape index (κ2) is 18.0. The van der Waals surface area contributed by atoms with Gasteiger partial charge in [0, 0.05) is 23.6 Å². The molecule has 0 spiro atoms. The predicted molar refractivity (Wildman–Crippen MR) is 195 cm³/mol. The minimum atomic E-state index is -0.344. The standard InChI is InChI=1S/C39H53N5O4/c1-4-7-12-18-43-19-16-29(17-20-43)27-48-37-25-34-32(24-36(37)47-21-13-10-9-11-15-38(45)42-46)39-41-35-23-30(14-8-5-2)22-31(6-3)33(35)26-44(39)28-40-34/h6,8,14,22-25,28-29,46H,3-5,7,9-13,15-21,26-27H2,1-2H3,(H,42,45)/b14-8+. The molecule has 48 heavy (non-hydrogen) atoms. The van der Waals surface area contributed by atoms with Crippen molar-refractivity contribution >= 4 is 41.6 Å². The van der Waals surface area contributed by atoms with Crippen molar-refractivity contribution in [2.45, 2.75) is 91.0 Å². The van der Waals surface area contributed by atoms with Gasteiger partial charge in [0.2, 0.25) is 5.91 Å². The Morgan fingerprint density at radius 3 is 2.60 bits per heavy atom. The highest BCUT2D eigenvalue weighted by Crippen LogP contribution is 2.41. The van der Waals surface area contributed by atoms with Crippen molar-refractivity contribution in [2.75, 3.05) is 32.8 Å². The highest BCUT2D eigenvalue weighted by molar-refractivity contribution is 6.13. The molecule has 5 rings (SSSR count). The molecule has 0 saturated carbocycles. The number of carbonyl (C=O) groups is 1. The molecule has 1 fully saturated rings. The van der Waals surface area contributed by atoms with Gasteiger partial charge in [0.25, 0.3) is 0 Å². The monoisotopic (exact) mass is 655 g/mol. The Morgan fingerprint density at radius 2 is 1.83 bits per heavy atom. The SMILES string of the molecule is C=Cc1cc(/C=C/CC)cc2c1CN1C=Nc3cc(OCC4CCN(CCCCC)CC4)c(OCCCCCCC(=O)NO)cc3C1=N2. The van der Waals surface area contributed by atoms with Crippen LogP contribution in [0.4, 0.5) is 11.4 Å². The molecule has 0 aliphatic carbocycles. The number of amides is 1. The minimum Gasteiger partial charge on any atom is -0.490 e. The van der Waals surface area contributed by atoms with Gasteiger partial charge in [-0.3, -0.25) is 10.0 Å². The van der Waals surface area contributed by atoms with E-state index in [-0.39, 0.29) is 5.91 Å². The Balaban J connectivity index is 1.33. The maximum absolute atomic E-state index is 11.3. The van der Waals surface area contributed by atoms with Crippen molar-refractivity contribution in [3.05, 3.63) is 59.2 Å². The van der Waals surface area contributed by atoms with Gasteiger partial charge in [-0.2, -0.15) is 0 Å². The second-order valence-corrected chi connectivity index (χ2v) is 13.1. The van der Waals surface area contributed by atoms with Crippen LogP contribution in [0.2, 0.25) is 0 Å². The summed E-state index contributed by atoms with van der Waals surface area (Å²) < 4.78 is 12.9. The third-order valence-corrected chi connectivity index (χ3v) is 9.46. The zero-order valence-corrected chi connectivity index (χ0v) is 28.9. The lowest BCUT2D eigenvalue weighted by Crippen LogP contribution is -2.36. The van der Waals surface area contributed by atoms with Crippen LogP contribution in [0, 0.1) is 5.92 Å². The molecule has 0 bridgehead atoms. The maximum atomic E-state index is 11.3. The zero-order valence-electron chi connectivity index (χ0n) is 28.9. The van der Waals surface area contributed by atoms with Crippen molar-refractivity contribution < 1.29 is 19.5 Å². The van der Waals surface area contributed by atoms with Gasteiger partial charge in [-0.1, -0.05) is 64.3 Å². The number of carbonyl (C=O) groups excluding carboxylic acids is 1. The van der Waals surface area contributed by atoms with Gasteiger partial charge >= 0.3 is 0 Å². The van der Waals surface area contributed by atoms with E-state index >= 15 is 0 Å². The number of ether oxygens (including phenoxy) is 2. The number of rotatable bonds is 18. The summed E-state index contributed by atoms with van der Waals surface area (Å²) in [6.45, 7) is 13.8. The van der Waals surface area contributed by atoms with Gasteiger partial charge < -0.3 is 19.3 Å². The summed E-state index contributed by atoms with van der Waals surface area (Å²) in [6.07, 6.45) is 18.9. The molecule has 1 amide bonds. The van der Waals surface area contributed by atoms with Crippen molar-refractivity contribution in [3.63, 3.8) is 0 Å². The molecule has 2 aromatic rings. The highest BCUT2D eigenvalue weighted by atomic mass is 16.5. The molecule has 9 heteroatoms. The van der Waals surface area contributed by atoms with E-state index in [9.17, 15) is 4.79 Å². The van der Waals surface area contributed by atoms with Crippen LogP contribution >= 0.6 is 0 Å².